The summed E-state index contributed by atoms with van der Waals surface area (Å²) in [6, 6.07) is 9.36. The van der Waals surface area contributed by atoms with Crippen LogP contribution in [0, 0.1) is 0 Å². The predicted molar refractivity (Wildman–Crippen MR) is 109 cm³/mol. The van der Waals surface area contributed by atoms with Gasteiger partial charge in [-0.25, -0.2) is 18.4 Å². The molecule has 1 aliphatic carbocycles. The van der Waals surface area contributed by atoms with Gasteiger partial charge in [-0.1, -0.05) is 36.4 Å². The van der Waals surface area contributed by atoms with E-state index in [9.17, 15) is 13.2 Å². The molecule has 1 heterocycles. The van der Waals surface area contributed by atoms with Crippen molar-refractivity contribution in [2.45, 2.75) is 38.3 Å². The molecule has 0 saturated heterocycles. The van der Waals surface area contributed by atoms with E-state index in [-0.39, 0.29) is 5.69 Å². The Kier molecular flexibility index (Phi) is 6.08. The number of carbonyl (C=O) groups is 1. The average molecular weight is 401 g/mol. The second-order valence-electron chi connectivity index (χ2n) is 7.03. The predicted octanol–water partition coefficient (Wildman–Crippen LogP) is 2.64. The van der Waals surface area contributed by atoms with Crippen LogP contribution in [0.25, 0.3) is 0 Å². The van der Waals surface area contributed by atoms with Crippen LogP contribution in [0.2, 0.25) is 0 Å². The highest BCUT2D eigenvalue weighted by atomic mass is 32.2. The van der Waals surface area contributed by atoms with E-state index >= 15 is 0 Å². The summed E-state index contributed by atoms with van der Waals surface area (Å²) >= 11 is 0. The van der Waals surface area contributed by atoms with E-state index < -0.39 is 21.8 Å². The van der Waals surface area contributed by atoms with Gasteiger partial charge in [0.2, 0.25) is 0 Å². The molecule has 0 radical (unpaired) electrons. The molecule has 2 N–H and O–H groups in total. The maximum absolute atomic E-state index is 12.7. The van der Waals surface area contributed by atoms with Gasteiger partial charge < -0.3 is 10.6 Å². The molecule has 1 aromatic carbocycles. The molecule has 28 heavy (non-hydrogen) atoms. The van der Waals surface area contributed by atoms with Crippen molar-refractivity contribution in [3.63, 3.8) is 0 Å². The summed E-state index contributed by atoms with van der Waals surface area (Å²) in [6.45, 7) is 2.22. The van der Waals surface area contributed by atoms with Gasteiger partial charge in [-0.15, -0.1) is 0 Å². The molecular weight excluding hydrogens is 376 g/mol. The van der Waals surface area contributed by atoms with Gasteiger partial charge in [0.15, 0.2) is 21.3 Å². The first kappa shape index (κ1) is 20.0. The normalized spacial score (nSPS) is 15.4. The Balaban J connectivity index is 1.76. The summed E-state index contributed by atoms with van der Waals surface area (Å²) in [5.74, 6) is 0.444. The van der Waals surface area contributed by atoms with Gasteiger partial charge >= 0.3 is 0 Å². The molecule has 7 nitrogen and oxygen atoms in total. The summed E-state index contributed by atoms with van der Waals surface area (Å²) in [4.78, 5) is 21.6. The number of amides is 1. The van der Waals surface area contributed by atoms with Crippen molar-refractivity contribution in [1.29, 1.82) is 0 Å². The lowest BCUT2D eigenvalue weighted by Gasteiger charge is -2.14. The average Bonchev–Trinajstić information content (AvgIpc) is 3.50. The zero-order chi connectivity index (χ0) is 20.1. The maximum atomic E-state index is 12.7. The van der Waals surface area contributed by atoms with Gasteiger partial charge in [0, 0.05) is 36.4 Å². The third-order valence-electron chi connectivity index (χ3n) is 4.28. The lowest BCUT2D eigenvalue weighted by Crippen LogP contribution is -2.32. The Labute approximate surface area is 165 Å². The number of rotatable bonds is 8. The molecule has 0 unspecified atom stereocenters. The standard InChI is InChI=1S/C20H24N4O3S/c1-14(10-11-28(2,26)27)23-20(25)18-19(22-12-15-6-4-3-5-7-15)24-17(13-21-18)16-8-9-16/h3-7,10-11,13-14,16H,8-9,12H2,1-2H3,(H,22,24)(H,23,25)/b11-10+/t14-/m0/s1. The van der Waals surface area contributed by atoms with Crippen molar-refractivity contribution in [2.75, 3.05) is 11.6 Å². The monoisotopic (exact) mass is 400 g/mol. The fourth-order valence-electron chi connectivity index (χ4n) is 2.63. The smallest absolute Gasteiger partial charge is 0.274 e. The molecule has 1 fully saturated rings. The van der Waals surface area contributed by atoms with Crippen molar-refractivity contribution < 1.29 is 13.2 Å². The van der Waals surface area contributed by atoms with Crippen LogP contribution in [0.4, 0.5) is 5.82 Å². The highest BCUT2D eigenvalue weighted by Crippen LogP contribution is 2.39. The molecule has 8 heteroatoms. The van der Waals surface area contributed by atoms with Crippen LogP contribution in [-0.2, 0) is 16.4 Å². The number of hydrogen-bond donors (Lipinski definition) is 2. The number of anilines is 1. The number of nitrogens with zero attached hydrogens (tertiary/aromatic N) is 2. The molecule has 148 valence electrons. The van der Waals surface area contributed by atoms with E-state index in [1.807, 2.05) is 30.3 Å². The quantitative estimate of drug-likeness (QED) is 0.706. The number of nitrogens with one attached hydrogen (secondary N) is 2. The minimum Gasteiger partial charge on any atom is -0.364 e. The molecule has 1 aromatic heterocycles. The minimum atomic E-state index is -3.25. The van der Waals surface area contributed by atoms with Crippen molar-refractivity contribution >= 4 is 21.6 Å². The van der Waals surface area contributed by atoms with Gasteiger partial charge in [-0.2, -0.15) is 0 Å². The van der Waals surface area contributed by atoms with E-state index in [0.717, 1.165) is 35.8 Å². The van der Waals surface area contributed by atoms with E-state index in [2.05, 4.69) is 20.6 Å². The van der Waals surface area contributed by atoms with Gasteiger partial charge in [0.05, 0.1) is 5.69 Å². The second kappa shape index (κ2) is 8.52. The van der Waals surface area contributed by atoms with Gasteiger partial charge in [0.1, 0.15) is 0 Å². The third kappa shape index (κ3) is 5.88. The Hall–Kier alpha value is -2.74. The highest BCUT2D eigenvalue weighted by Gasteiger charge is 2.27. The fourth-order valence-corrected chi connectivity index (χ4v) is 3.15. The summed E-state index contributed by atoms with van der Waals surface area (Å²) in [6.07, 6.45) is 6.36. The summed E-state index contributed by atoms with van der Waals surface area (Å²) in [5.41, 5.74) is 2.15. The lowest BCUT2D eigenvalue weighted by molar-refractivity contribution is 0.0942. The lowest BCUT2D eigenvalue weighted by atomic mass is 10.2. The Morgan fingerprint density at radius 2 is 2.00 bits per heavy atom. The summed E-state index contributed by atoms with van der Waals surface area (Å²) < 4.78 is 22.5. The topological polar surface area (TPSA) is 101 Å². The van der Waals surface area contributed by atoms with E-state index in [0.29, 0.717) is 18.3 Å². The van der Waals surface area contributed by atoms with Crippen molar-refractivity contribution in [3.05, 3.63) is 65.0 Å². The van der Waals surface area contributed by atoms with E-state index in [1.54, 1.807) is 13.1 Å². The van der Waals surface area contributed by atoms with Crippen molar-refractivity contribution in [2.24, 2.45) is 0 Å². The van der Waals surface area contributed by atoms with Crippen LogP contribution in [0.1, 0.15) is 47.4 Å². The molecule has 0 bridgehead atoms. The van der Waals surface area contributed by atoms with Crippen LogP contribution in [-0.4, -0.2) is 36.6 Å². The van der Waals surface area contributed by atoms with Crippen molar-refractivity contribution in [1.82, 2.24) is 15.3 Å². The first-order valence-corrected chi connectivity index (χ1v) is 11.1. The van der Waals surface area contributed by atoms with Crippen LogP contribution in [0.15, 0.2) is 48.0 Å². The first-order valence-electron chi connectivity index (χ1n) is 9.15. The Morgan fingerprint density at radius 3 is 2.64 bits per heavy atom. The molecule has 0 aliphatic heterocycles. The van der Waals surface area contributed by atoms with E-state index in [1.165, 1.54) is 6.08 Å². The summed E-state index contributed by atoms with van der Waals surface area (Å²) in [5, 5.41) is 7.03. The maximum Gasteiger partial charge on any atom is 0.274 e. The molecule has 1 atom stereocenters. The highest BCUT2D eigenvalue weighted by molar-refractivity contribution is 7.93. The van der Waals surface area contributed by atoms with Crippen LogP contribution < -0.4 is 10.6 Å². The molecule has 2 aromatic rings. The first-order chi connectivity index (χ1) is 13.3. The van der Waals surface area contributed by atoms with Crippen LogP contribution in [0.3, 0.4) is 0 Å². The number of carbonyl (C=O) groups excluding carboxylic acids is 1. The van der Waals surface area contributed by atoms with Gasteiger partial charge in [0.25, 0.3) is 5.91 Å². The fraction of sp³-hybridized carbons (Fsp3) is 0.350. The zero-order valence-electron chi connectivity index (χ0n) is 15.9. The number of benzene rings is 1. The Morgan fingerprint density at radius 1 is 1.29 bits per heavy atom. The number of sulfone groups is 1. The summed E-state index contributed by atoms with van der Waals surface area (Å²) in [7, 11) is -3.25. The molecule has 1 amide bonds. The van der Waals surface area contributed by atoms with E-state index in [4.69, 9.17) is 0 Å². The zero-order valence-corrected chi connectivity index (χ0v) is 16.7. The minimum absolute atomic E-state index is 0.194. The largest absolute Gasteiger partial charge is 0.364 e. The molecule has 1 aliphatic rings. The van der Waals surface area contributed by atoms with Crippen LogP contribution >= 0.6 is 0 Å². The molecule has 1 saturated carbocycles. The van der Waals surface area contributed by atoms with Crippen LogP contribution in [0.5, 0.6) is 0 Å². The van der Waals surface area contributed by atoms with Gasteiger partial charge in [-0.05, 0) is 25.3 Å². The molecule has 3 rings (SSSR count). The molecule has 0 spiro atoms. The van der Waals surface area contributed by atoms with Gasteiger partial charge in [-0.3, -0.25) is 4.79 Å². The third-order valence-corrected chi connectivity index (χ3v) is 4.93. The SMILES string of the molecule is C[C@@H](/C=C/S(C)(=O)=O)NC(=O)c1ncc(C2CC2)nc1NCc1ccccc1. The second-order valence-corrected chi connectivity index (χ2v) is 8.96. The van der Waals surface area contributed by atoms with Crippen molar-refractivity contribution in [3.8, 4) is 0 Å². The Bertz CT molecular complexity index is 970. The number of aromatic nitrogens is 2. The molecular formula is C20H24N4O3S. The number of hydrogen-bond acceptors (Lipinski definition) is 6.